The Morgan fingerprint density at radius 3 is 2.56 bits per heavy atom. The van der Waals surface area contributed by atoms with Crippen LogP contribution in [0.1, 0.15) is 32.1 Å². The Kier molecular flexibility index (Phi) is 6.81. The van der Waals surface area contributed by atoms with Crippen LogP contribution in [-0.2, 0) is 9.53 Å². The molecule has 0 aromatic carbocycles. The molecule has 1 aliphatic rings. The molecule has 0 amide bonds. The predicted molar refractivity (Wildman–Crippen MR) is 65.8 cm³/mol. The largest absolute Gasteiger partial charge is 0.469 e. The second kappa shape index (κ2) is 7.91. The van der Waals surface area contributed by atoms with Crippen LogP contribution in [0, 0.1) is 5.92 Å². The minimum Gasteiger partial charge on any atom is -0.469 e. The van der Waals surface area contributed by atoms with Gasteiger partial charge in [-0.3, -0.25) is 4.79 Å². The van der Waals surface area contributed by atoms with Gasteiger partial charge >= 0.3 is 5.97 Å². The Balaban J connectivity index is 2.10. The molecule has 0 atom stereocenters. The van der Waals surface area contributed by atoms with E-state index in [2.05, 4.69) is 4.90 Å². The second-order valence-corrected chi connectivity index (χ2v) is 4.77. The molecule has 0 spiro atoms. The first-order valence-corrected chi connectivity index (χ1v) is 6.67. The zero-order chi connectivity index (χ0) is 11.8. The first-order valence-electron chi connectivity index (χ1n) is 6.14. The number of esters is 1. The highest BCUT2D eigenvalue weighted by atomic mass is 35.5. The van der Waals surface area contributed by atoms with Gasteiger partial charge in [0.2, 0.25) is 0 Å². The van der Waals surface area contributed by atoms with E-state index in [4.69, 9.17) is 16.3 Å². The lowest BCUT2D eigenvalue weighted by atomic mass is 9.97. The fourth-order valence-electron chi connectivity index (χ4n) is 2.17. The average molecular weight is 248 g/mol. The highest BCUT2D eigenvalue weighted by Gasteiger charge is 2.24. The van der Waals surface area contributed by atoms with Crippen LogP contribution in [0.4, 0.5) is 0 Å². The summed E-state index contributed by atoms with van der Waals surface area (Å²) < 4.78 is 4.77. The van der Waals surface area contributed by atoms with E-state index in [-0.39, 0.29) is 11.9 Å². The Labute approximate surface area is 103 Å². The molecule has 1 fully saturated rings. The fraction of sp³-hybridized carbons (Fsp3) is 0.917. The van der Waals surface area contributed by atoms with E-state index in [0.29, 0.717) is 0 Å². The summed E-state index contributed by atoms with van der Waals surface area (Å²) in [4.78, 5) is 13.8. The number of likely N-dealkylation sites (tertiary alicyclic amines) is 1. The van der Waals surface area contributed by atoms with E-state index in [9.17, 15) is 4.79 Å². The molecular weight excluding hydrogens is 226 g/mol. The summed E-state index contributed by atoms with van der Waals surface area (Å²) in [5.41, 5.74) is 0. The number of nitrogens with zero attached hydrogens (tertiary/aromatic N) is 1. The van der Waals surface area contributed by atoms with E-state index < -0.39 is 0 Å². The van der Waals surface area contributed by atoms with E-state index >= 15 is 0 Å². The number of carbonyl (C=O) groups is 1. The maximum absolute atomic E-state index is 11.3. The van der Waals surface area contributed by atoms with Crippen molar-refractivity contribution in [1.82, 2.24) is 4.90 Å². The van der Waals surface area contributed by atoms with Crippen LogP contribution in [0.5, 0.6) is 0 Å². The van der Waals surface area contributed by atoms with Gasteiger partial charge in [0.25, 0.3) is 0 Å². The van der Waals surface area contributed by atoms with Gasteiger partial charge < -0.3 is 9.64 Å². The van der Waals surface area contributed by atoms with Crippen LogP contribution < -0.4 is 0 Å². The van der Waals surface area contributed by atoms with Crippen molar-refractivity contribution in [2.45, 2.75) is 32.1 Å². The Bertz CT molecular complexity index is 203. The highest BCUT2D eigenvalue weighted by molar-refractivity contribution is 6.17. The first-order chi connectivity index (χ1) is 7.77. The van der Waals surface area contributed by atoms with Crippen molar-refractivity contribution in [2.75, 3.05) is 32.6 Å². The summed E-state index contributed by atoms with van der Waals surface area (Å²) in [6, 6.07) is 0. The number of halogens is 1. The second-order valence-electron chi connectivity index (χ2n) is 4.39. The molecule has 0 bridgehead atoms. The lowest BCUT2D eigenvalue weighted by Gasteiger charge is -2.30. The minimum atomic E-state index is -0.0400. The summed E-state index contributed by atoms with van der Waals surface area (Å²) in [5, 5.41) is 0. The molecule has 3 nitrogen and oxygen atoms in total. The zero-order valence-corrected chi connectivity index (χ0v) is 10.8. The van der Waals surface area contributed by atoms with Gasteiger partial charge in [0.05, 0.1) is 13.0 Å². The maximum Gasteiger partial charge on any atom is 0.308 e. The van der Waals surface area contributed by atoms with E-state index in [1.807, 2.05) is 0 Å². The third-order valence-electron chi connectivity index (χ3n) is 3.23. The molecule has 16 heavy (non-hydrogen) atoms. The predicted octanol–water partition coefficient (Wildman–Crippen LogP) is 2.28. The quantitative estimate of drug-likeness (QED) is 0.410. The normalized spacial score (nSPS) is 18.6. The molecule has 4 heteroatoms. The van der Waals surface area contributed by atoms with Crippen molar-refractivity contribution in [2.24, 2.45) is 5.92 Å². The number of alkyl halides is 1. The third-order valence-corrected chi connectivity index (χ3v) is 3.50. The van der Waals surface area contributed by atoms with E-state index in [0.717, 1.165) is 44.8 Å². The number of hydrogen-bond donors (Lipinski definition) is 0. The molecule has 0 saturated carbocycles. The van der Waals surface area contributed by atoms with Gasteiger partial charge in [-0.15, -0.1) is 11.6 Å². The van der Waals surface area contributed by atoms with Gasteiger partial charge in [-0.25, -0.2) is 0 Å². The first kappa shape index (κ1) is 13.8. The number of rotatable bonds is 6. The van der Waals surface area contributed by atoms with Crippen LogP contribution in [0.2, 0.25) is 0 Å². The number of methoxy groups -OCH3 is 1. The molecule has 0 aliphatic carbocycles. The number of unbranched alkanes of at least 4 members (excludes halogenated alkanes) is 2. The summed E-state index contributed by atoms with van der Waals surface area (Å²) in [5.74, 6) is 0.857. The van der Waals surface area contributed by atoms with Gasteiger partial charge in [-0.2, -0.15) is 0 Å². The van der Waals surface area contributed by atoms with Crippen molar-refractivity contribution in [3.63, 3.8) is 0 Å². The van der Waals surface area contributed by atoms with Gasteiger partial charge in [0.15, 0.2) is 0 Å². The molecule has 1 rings (SSSR count). The van der Waals surface area contributed by atoms with Gasteiger partial charge in [0, 0.05) is 5.88 Å². The van der Waals surface area contributed by atoms with Crippen molar-refractivity contribution in [1.29, 1.82) is 0 Å². The standard InChI is InChI=1S/C12H22ClNO2/c1-16-12(15)11-5-9-14(10-6-11)8-4-2-3-7-13/h11H,2-10H2,1H3. The summed E-state index contributed by atoms with van der Waals surface area (Å²) in [6.45, 7) is 3.20. The van der Waals surface area contributed by atoms with Crippen molar-refractivity contribution >= 4 is 17.6 Å². The summed E-state index contributed by atoms with van der Waals surface area (Å²) in [6.07, 6.45) is 5.43. The monoisotopic (exact) mass is 247 g/mol. The molecule has 0 aromatic heterocycles. The van der Waals surface area contributed by atoms with Crippen LogP contribution in [0.15, 0.2) is 0 Å². The van der Waals surface area contributed by atoms with Crippen molar-refractivity contribution < 1.29 is 9.53 Å². The zero-order valence-electron chi connectivity index (χ0n) is 10.1. The van der Waals surface area contributed by atoms with E-state index in [1.165, 1.54) is 20.0 Å². The molecule has 1 aliphatic heterocycles. The third kappa shape index (κ3) is 4.71. The van der Waals surface area contributed by atoms with Crippen LogP contribution in [0.25, 0.3) is 0 Å². The van der Waals surface area contributed by atoms with Crippen LogP contribution in [-0.4, -0.2) is 43.5 Å². The van der Waals surface area contributed by atoms with Crippen molar-refractivity contribution in [3.8, 4) is 0 Å². The molecule has 0 unspecified atom stereocenters. The maximum atomic E-state index is 11.3. The number of piperidine rings is 1. The molecule has 1 heterocycles. The smallest absolute Gasteiger partial charge is 0.308 e. The Hall–Kier alpha value is -0.280. The van der Waals surface area contributed by atoms with Crippen molar-refractivity contribution in [3.05, 3.63) is 0 Å². The van der Waals surface area contributed by atoms with E-state index in [1.54, 1.807) is 0 Å². The SMILES string of the molecule is COC(=O)C1CCN(CCCCCCl)CC1. The van der Waals surface area contributed by atoms with Crippen LogP contribution >= 0.6 is 11.6 Å². The molecule has 0 radical (unpaired) electrons. The van der Waals surface area contributed by atoms with Gasteiger partial charge in [-0.05, 0) is 45.3 Å². The Morgan fingerprint density at radius 2 is 2.00 bits per heavy atom. The number of ether oxygens (including phenoxy) is 1. The molecule has 0 N–H and O–H groups in total. The topological polar surface area (TPSA) is 29.5 Å². The molecule has 0 aromatic rings. The summed E-state index contributed by atoms with van der Waals surface area (Å²) in [7, 11) is 1.47. The molecule has 1 saturated heterocycles. The highest BCUT2D eigenvalue weighted by Crippen LogP contribution is 2.18. The minimum absolute atomic E-state index is 0.0400. The van der Waals surface area contributed by atoms with Crippen LogP contribution in [0.3, 0.4) is 0 Å². The lowest BCUT2D eigenvalue weighted by Crippen LogP contribution is -2.37. The fourth-order valence-corrected chi connectivity index (χ4v) is 2.35. The lowest BCUT2D eigenvalue weighted by molar-refractivity contribution is -0.147. The summed E-state index contributed by atoms with van der Waals surface area (Å²) >= 11 is 5.63. The van der Waals surface area contributed by atoms with Gasteiger partial charge in [0.1, 0.15) is 0 Å². The number of carbonyl (C=O) groups excluding carboxylic acids is 1. The molecular formula is C12H22ClNO2. The number of hydrogen-bond acceptors (Lipinski definition) is 3. The van der Waals surface area contributed by atoms with Gasteiger partial charge in [-0.1, -0.05) is 6.42 Å². The molecule has 94 valence electrons. The average Bonchev–Trinajstić information content (AvgIpc) is 2.34. The Morgan fingerprint density at radius 1 is 1.31 bits per heavy atom.